The molecule has 5 heteroatoms. The van der Waals surface area contributed by atoms with Gasteiger partial charge >= 0.3 is 0 Å². The quantitative estimate of drug-likeness (QED) is 0.672. The highest BCUT2D eigenvalue weighted by Gasteiger charge is 2.08. The average molecular weight is 171 g/mol. The van der Waals surface area contributed by atoms with Gasteiger partial charge in [-0.25, -0.2) is 19.0 Å². The Hall–Kier alpha value is -0.970. The Bertz CT molecular complexity index is 319. The summed E-state index contributed by atoms with van der Waals surface area (Å²) in [4.78, 5) is 7.49. The molecule has 1 N–H and O–H groups in total. The summed E-state index contributed by atoms with van der Waals surface area (Å²) in [7, 11) is -2.72. The first-order chi connectivity index (χ1) is 5.17. The molecule has 0 spiro atoms. The van der Waals surface area contributed by atoms with Crippen LogP contribution in [0.3, 0.4) is 0 Å². The van der Waals surface area contributed by atoms with E-state index in [0.29, 0.717) is 0 Å². The van der Waals surface area contributed by atoms with Gasteiger partial charge in [0.25, 0.3) is 0 Å². The second kappa shape index (κ2) is 2.96. The average Bonchev–Trinajstić information content (AvgIpc) is 2.06. The van der Waals surface area contributed by atoms with Crippen molar-refractivity contribution in [3.63, 3.8) is 0 Å². The predicted octanol–water partition coefficient (Wildman–Crippen LogP) is 0.902. The Balaban J connectivity index is 3.14. The maximum absolute atomic E-state index is 11.3. The molecule has 0 bridgehead atoms. The van der Waals surface area contributed by atoms with Crippen molar-refractivity contribution in [3.8, 4) is 0 Å². The van der Waals surface area contributed by atoms with Crippen LogP contribution in [-0.2, 0) is 9.73 Å². The molecule has 0 saturated heterocycles. The highest BCUT2D eigenvalue weighted by Crippen LogP contribution is 2.02. The maximum Gasteiger partial charge on any atom is 0.226 e. The van der Waals surface area contributed by atoms with E-state index in [4.69, 9.17) is 4.78 Å². The molecule has 11 heavy (non-hydrogen) atoms. The van der Waals surface area contributed by atoms with Crippen molar-refractivity contribution in [1.29, 1.82) is 4.78 Å². The van der Waals surface area contributed by atoms with Gasteiger partial charge in [-0.3, -0.25) is 0 Å². The summed E-state index contributed by atoms with van der Waals surface area (Å²) in [6, 6.07) is 1.63. The van der Waals surface area contributed by atoms with E-state index < -0.39 is 9.73 Å². The summed E-state index contributed by atoms with van der Waals surface area (Å²) in [5.41, 5.74) is 0. The van der Waals surface area contributed by atoms with Gasteiger partial charge in [0.2, 0.25) is 5.16 Å². The summed E-state index contributed by atoms with van der Waals surface area (Å²) in [5, 5.41) is 0.127. The van der Waals surface area contributed by atoms with Crippen LogP contribution in [0.15, 0.2) is 23.6 Å². The van der Waals surface area contributed by atoms with E-state index in [1.807, 2.05) is 0 Å². The largest absolute Gasteiger partial charge is 0.246 e. The van der Waals surface area contributed by atoms with Crippen LogP contribution in [0.25, 0.3) is 0 Å². The fourth-order valence-electron chi connectivity index (χ4n) is 0.585. The third kappa shape index (κ3) is 1.74. The zero-order chi connectivity index (χ0) is 8.32. The molecule has 0 fully saturated rings. The highest BCUT2D eigenvalue weighted by atomic mass is 32.2. The van der Waals surface area contributed by atoms with Crippen molar-refractivity contribution >= 4 is 9.73 Å². The standard InChI is InChI=1S/C6H9N3OS/c1-2-11(7,10)6-8-4-3-5-9-6/h3-5,7H,2H2,1H3/t11-/m0/s1. The monoisotopic (exact) mass is 171 g/mol. The minimum Gasteiger partial charge on any atom is -0.246 e. The zero-order valence-electron chi connectivity index (χ0n) is 6.15. The van der Waals surface area contributed by atoms with Gasteiger partial charge in [0.1, 0.15) is 9.73 Å². The van der Waals surface area contributed by atoms with Crippen molar-refractivity contribution in [2.75, 3.05) is 5.75 Å². The summed E-state index contributed by atoms with van der Waals surface area (Å²) in [6.07, 6.45) is 2.98. The fourth-order valence-corrected chi connectivity index (χ4v) is 1.31. The molecule has 60 valence electrons. The molecule has 1 heterocycles. The minimum atomic E-state index is -2.72. The van der Waals surface area contributed by atoms with E-state index >= 15 is 0 Å². The lowest BCUT2D eigenvalue weighted by molar-refractivity contribution is 0.667. The van der Waals surface area contributed by atoms with E-state index in [0.717, 1.165) is 0 Å². The number of hydrogen-bond acceptors (Lipinski definition) is 4. The van der Waals surface area contributed by atoms with E-state index in [9.17, 15) is 4.21 Å². The number of rotatable bonds is 2. The van der Waals surface area contributed by atoms with E-state index in [1.54, 1.807) is 13.0 Å². The first-order valence-electron chi connectivity index (χ1n) is 3.20. The van der Waals surface area contributed by atoms with E-state index in [1.165, 1.54) is 12.4 Å². The second-order valence-corrected chi connectivity index (χ2v) is 4.29. The molecule has 0 aromatic carbocycles. The lowest BCUT2D eigenvalue weighted by Crippen LogP contribution is -2.05. The number of hydrogen-bond donors (Lipinski definition) is 1. The van der Waals surface area contributed by atoms with E-state index in [-0.39, 0.29) is 10.9 Å². The first-order valence-corrected chi connectivity index (χ1v) is 4.93. The van der Waals surface area contributed by atoms with Crippen LogP contribution >= 0.6 is 0 Å². The van der Waals surface area contributed by atoms with Crippen molar-refractivity contribution < 1.29 is 4.21 Å². The van der Waals surface area contributed by atoms with Crippen molar-refractivity contribution in [2.24, 2.45) is 0 Å². The Kier molecular flexibility index (Phi) is 2.19. The number of aromatic nitrogens is 2. The number of nitrogens with one attached hydrogen (secondary N) is 1. The van der Waals surface area contributed by atoms with Crippen LogP contribution in [0.4, 0.5) is 0 Å². The van der Waals surface area contributed by atoms with Crippen molar-refractivity contribution in [3.05, 3.63) is 18.5 Å². The highest BCUT2D eigenvalue weighted by molar-refractivity contribution is 7.92. The van der Waals surface area contributed by atoms with Crippen molar-refractivity contribution in [1.82, 2.24) is 9.97 Å². The number of nitrogens with zero attached hydrogens (tertiary/aromatic N) is 2. The van der Waals surface area contributed by atoms with Crippen molar-refractivity contribution in [2.45, 2.75) is 12.1 Å². The van der Waals surface area contributed by atoms with Gasteiger partial charge in [0, 0.05) is 18.1 Å². The summed E-state index contributed by atoms with van der Waals surface area (Å²) >= 11 is 0. The lowest BCUT2D eigenvalue weighted by Gasteiger charge is -1.99. The molecule has 1 atom stereocenters. The molecule has 4 nitrogen and oxygen atoms in total. The van der Waals surface area contributed by atoms with Gasteiger partial charge in [-0.05, 0) is 6.07 Å². The molecule has 1 rings (SSSR count). The van der Waals surface area contributed by atoms with Crippen LogP contribution in [0, 0.1) is 4.78 Å². The second-order valence-electron chi connectivity index (χ2n) is 2.00. The molecule has 0 saturated carbocycles. The Morgan fingerprint density at radius 3 is 2.55 bits per heavy atom. The van der Waals surface area contributed by atoms with Crippen LogP contribution in [0.2, 0.25) is 0 Å². The lowest BCUT2D eigenvalue weighted by atomic mass is 10.7. The third-order valence-corrected chi connectivity index (χ3v) is 2.86. The normalized spacial score (nSPS) is 15.7. The summed E-state index contributed by atoms with van der Waals surface area (Å²) in [5.74, 6) is 0.261. The SMILES string of the molecule is CC[S@](=N)(=O)c1ncccn1. The maximum atomic E-state index is 11.3. The summed E-state index contributed by atoms with van der Waals surface area (Å²) < 4.78 is 18.6. The Morgan fingerprint density at radius 1 is 1.55 bits per heavy atom. The van der Waals surface area contributed by atoms with Gasteiger partial charge in [-0.2, -0.15) is 0 Å². The van der Waals surface area contributed by atoms with Crippen LogP contribution in [-0.4, -0.2) is 19.9 Å². The molecule has 0 unspecified atom stereocenters. The Morgan fingerprint density at radius 2 is 2.09 bits per heavy atom. The smallest absolute Gasteiger partial charge is 0.226 e. The topological polar surface area (TPSA) is 66.7 Å². The molecule has 1 aromatic rings. The third-order valence-electron chi connectivity index (χ3n) is 1.24. The molecular weight excluding hydrogens is 162 g/mol. The minimum absolute atomic E-state index is 0.127. The van der Waals surface area contributed by atoms with E-state index in [2.05, 4.69) is 9.97 Å². The van der Waals surface area contributed by atoms with Gasteiger partial charge in [-0.15, -0.1) is 0 Å². The zero-order valence-corrected chi connectivity index (χ0v) is 6.97. The van der Waals surface area contributed by atoms with Crippen LogP contribution < -0.4 is 0 Å². The molecular formula is C6H9N3OS. The van der Waals surface area contributed by atoms with Crippen LogP contribution in [0.1, 0.15) is 6.92 Å². The van der Waals surface area contributed by atoms with Gasteiger partial charge in [0.15, 0.2) is 0 Å². The molecule has 0 aliphatic rings. The predicted molar refractivity (Wildman–Crippen MR) is 41.7 cm³/mol. The molecule has 0 aliphatic carbocycles. The molecule has 0 aliphatic heterocycles. The molecule has 0 radical (unpaired) electrons. The summed E-state index contributed by atoms with van der Waals surface area (Å²) in [6.45, 7) is 1.69. The van der Waals surface area contributed by atoms with Crippen LogP contribution in [0.5, 0.6) is 0 Å². The Labute approximate surface area is 65.7 Å². The van der Waals surface area contributed by atoms with Gasteiger partial charge in [0.05, 0.1) is 0 Å². The molecule has 0 amide bonds. The molecule has 1 aromatic heterocycles. The fraction of sp³-hybridized carbons (Fsp3) is 0.333. The first kappa shape index (κ1) is 8.13. The van der Waals surface area contributed by atoms with Gasteiger partial charge < -0.3 is 0 Å². The van der Waals surface area contributed by atoms with Gasteiger partial charge in [-0.1, -0.05) is 6.92 Å².